The molecule has 0 aliphatic carbocycles. The van der Waals surface area contributed by atoms with Crippen LogP contribution in [0, 0.1) is 26.6 Å². The number of amides is 3. The summed E-state index contributed by atoms with van der Waals surface area (Å²) in [5.41, 5.74) is 14.8. The largest absolute Gasteiger partial charge is 0.493 e. The second-order valence-corrected chi connectivity index (χ2v) is 20.1. The molecule has 3 aromatic heterocycles. The van der Waals surface area contributed by atoms with Crippen LogP contribution in [-0.2, 0) is 26.1 Å². The highest BCUT2D eigenvalue weighted by Gasteiger charge is 2.30. The van der Waals surface area contributed by atoms with Gasteiger partial charge in [-0.15, -0.1) is 0 Å². The minimum atomic E-state index is -0.327. The molecule has 14 nitrogen and oxygen atoms in total. The molecule has 3 amide bonds. The maximum Gasteiger partial charge on any atom is 0.268 e. The highest BCUT2D eigenvalue weighted by Crippen LogP contribution is 2.44. The van der Waals surface area contributed by atoms with Gasteiger partial charge in [0.1, 0.15) is 28.6 Å². The maximum atomic E-state index is 14.3. The lowest BCUT2D eigenvalue weighted by atomic mass is 9.99. The van der Waals surface area contributed by atoms with E-state index >= 15 is 0 Å². The SMILES string of the molecule is Cc1c2n(c3c(-c4ccc5c(c4)CCO5)cc(Cl)cc13)CCNC2=O.Cc1c2n(c3c(-c4ccc5c(c4)OCO5)cc(Cl)cc13)CCNC2=O.Cc1c2n(c3c(-c4ccc5c(c4)OCO5)cc(F)cc13)CCNC2=O. The van der Waals surface area contributed by atoms with E-state index in [1.54, 1.807) is 0 Å². The molecule has 0 unspecified atom stereocenters. The van der Waals surface area contributed by atoms with E-state index in [2.05, 4.69) is 37.2 Å². The van der Waals surface area contributed by atoms with Gasteiger partial charge >= 0.3 is 0 Å². The quantitative estimate of drug-likeness (QED) is 0.158. The summed E-state index contributed by atoms with van der Waals surface area (Å²) in [6.45, 7) is 11.0. The van der Waals surface area contributed by atoms with Crippen LogP contribution in [0.5, 0.6) is 28.7 Å². The average Bonchev–Trinajstić information content (AvgIpc) is 4.29. The molecule has 0 atom stereocenters. The molecule has 15 rings (SSSR count). The number of ether oxygens (including phenoxy) is 5. The lowest BCUT2D eigenvalue weighted by molar-refractivity contribution is 0.0920. The van der Waals surface area contributed by atoms with E-state index in [0.29, 0.717) is 59.1 Å². The molecule has 0 bridgehead atoms. The Hall–Kier alpha value is -8.14. The first-order valence-electron chi connectivity index (χ1n) is 24.8. The minimum absolute atomic E-state index is 0.00984. The number of hydrogen-bond donors (Lipinski definition) is 3. The van der Waals surface area contributed by atoms with E-state index in [0.717, 1.165) is 132 Å². The molecule has 0 radical (unpaired) electrons. The lowest BCUT2D eigenvalue weighted by Gasteiger charge is -2.18. The number of nitrogens with zero attached hydrogens (tertiary/aromatic N) is 3. The van der Waals surface area contributed by atoms with Crippen molar-refractivity contribution in [2.45, 2.75) is 46.8 Å². The first-order valence-corrected chi connectivity index (χ1v) is 25.5. The molecule has 17 heteroatoms. The van der Waals surface area contributed by atoms with E-state index < -0.39 is 0 Å². The van der Waals surface area contributed by atoms with Crippen molar-refractivity contribution in [1.29, 1.82) is 0 Å². The third kappa shape index (κ3) is 7.69. The molecule has 6 aromatic carbocycles. The van der Waals surface area contributed by atoms with Gasteiger partial charge in [-0.1, -0.05) is 41.4 Å². The highest BCUT2D eigenvalue weighted by atomic mass is 35.5. The van der Waals surface area contributed by atoms with Crippen LogP contribution in [0.3, 0.4) is 0 Å². The standard InChI is InChI=1S/C20H17ClN2O2.C19H15ClN2O3.C19H15FN2O3/c1-11-15-9-14(21)10-16(12-2-3-17-13(8-12)4-7-25-17)19(15)23-6-5-22-20(24)18(11)23;2*1-10-13-7-12(20)8-14(11-2-3-15-16(6-11)25-9-24-15)18(13)22-5-4-21-19(23)17(10)22/h2-3,8-10H,4-7H2,1H3,(H,22,24);2*2-3,6-8H,4-5,9H2,1H3,(H,21,23). The number of hydrogen-bond acceptors (Lipinski definition) is 8. The number of nitrogens with one attached hydrogen (secondary N) is 3. The summed E-state index contributed by atoms with van der Waals surface area (Å²) in [4.78, 5) is 37.0. The van der Waals surface area contributed by atoms with Gasteiger partial charge in [0.2, 0.25) is 13.6 Å². The minimum Gasteiger partial charge on any atom is -0.493 e. The Morgan fingerprint density at radius 2 is 0.867 bits per heavy atom. The van der Waals surface area contributed by atoms with Gasteiger partial charge in [-0.25, -0.2) is 4.39 Å². The Labute approximate surface area is 438 Å². The van der Waals surface area contributed by atoms with Crippen molar-refractivity contribution in [2.24, 2.45) is 0 Å². The fourth-order valence-corrected chi connectivity index (χ4v) is 12.1. The number of carbonyl (C=O) groups excluding carboxylic acids is 3. The number of aromatic nitrogens is 3. The molecule has 0 saturated heterocycles. The molecule has 6 aliphatic heterocycles. The molecule has 75 heavy (non-hydrogen) atoms. The zero-order valence-electron chi connectivity index (χ0n) is 41.0. The monoisotopic (exact) mass is 1040 g/mol. The van der Waals surface area contributed by atoms with Crippen LogP contribution in [-0.4, -0.2) is 71.2 Å². The second kappa shape index (κ2) is 18.1. The van der Waals surface area contributed by atoms with Crippen molar-refractivity contribution in [3.8, 4) is 62.1 Å². The van der Waals surface area contributed by atoms with Crippen molar-refractivity contribution in [3.05, 3.63) is 146 Å². The van der Waals surface area contributed by atoms with Crippen LogP contribution in [0.2, 0.25) is 10.0 Å². The van der Waals surface area contributed by atoms with Crippen LogP contribution in [0.25, 0.3) is 66.1 Å². The zero-order chi connectivity index (χ0) is 51.4. The van der Waals surface area contributed by atoms with Gasteiger partial charge in [0, 0.05) is 88.6 Å². The Balaban J connectivity index is 0.000000108. The molecule has 0 fully saturated rings. The molecule has 0 spiro atoms. The Kier molecular flexibility index (Phi) is 11.2. The van der Waals surface area contributed by atoms with Gasteiger partial charge in [0.05, 0.1) is 23.2 Å². The maximum absolute atomic E-state index is 14.3. The van der Waals surface area contributed by atoms with Gasteiger partial charge in [0.25, 0.3) is 17.7 Å². The van der Waals surface area contributed by atoms with Crippen molar-refractivity contribution in [2.75, 3.05) is 39.8 Å². The van der Waals surface area contributed by atoms with E-state index in [-0.39, 0.29) is 37.1 Å². The van der Waals surface area contributed by atoms with Crippen molar-refractivity contribution >= 4 is 73.6 Å². The second-order valence-electron chi connectivity index (χ2n) is 19.2. The highest BCUT2D eigenvalue weighted by molar-refractivity contribution is 6.32. The average molecular weight is 1050 g/mol. The number of carbonyl (C=O) groups is 3. The van der Waals surface area contributed by atoms with Gasteiger partial charge < -0.3 is 53.3 Å². The van der Waals surface area contributed by atoms with Crippen LogP contribution in [0.15, 0.2) is 91.0 Å². The van der Waals surface area contributed by atoms with E-state index in [4.69, 9.17) is 46.9 Å². The fourth-order valence-electron chi connectivity index (χ4n) is 11.6. The number of halogens is 3. The normalized spacial score (nSPS) is 15.5. The number of rotatable bonds is 3. The summed E-state index contributed by atoms with van der Waals surface area (Å²) in [5, 5.41) is 12.9. The van der Waals surface area contributed by atoms with Gasteiger partial charge in [-0.05, 0) is 133 Å². The predicted octanol–water partition coefficient (Wildman–Crippen LogP) is 10.9. The summed E-state index contributed by atoms with van der Waals surface area (Å²) in [5.74, 6) is 3.29. The summed E-state index contributed by atoms with van der Waals surface area (Å²) in [6, 6.07) is 28.6. The molecule has 6 aliphatic rings. The summed E-state index contributed by atoms with van der Waals surface area (Å²) in [6.07, 6.45) is 0.931. The van der Waals surface area contributed by atoms with Crippen molar-refractivity contribution < 1.29 is 42.5 Å². The molecular formula is C58H47Cl2FN6O8. The Morgan fingerprint density at radius 3 is 1.33 bits per heavy atom. The van der Waals surface area contributed by atoms with Crippen molar-refractivity contribution in [1.82, 2.24) is 29.7 Å². The number of fused-ring (bicyclic) bond motifs is 12. The smallest absolute Gasteiger partial charge is 0.268 e. The number of benzene rings is 6. The zero-order valence-corrected chi connectivity index (χ0v) is 42.5. The summed E-state index contributed by atoms with van der Waals surface area (Å²) >= 11 is 12.8. The summed E-state index contributed by atoms with van der Waals surface area (Å²) < 4.78 is 47.9. The van der Waals surface area contributed by atoms with E-state index in [1.807, 2.05) is 92.1 Å². The van der Waals surface area contributed by atoms with Crippen LogP contribution >= 0.6 is 23.2 Å². The topological polar surface area (TPSA) is 148 Å². The van der Waals surface area contributed by atoms with Crippen LogP contribution in [0.1, 0.15) is 53.7 Å². The Bertz CT molecular complexity index is 3570. The predicted molar refractivity (Wildman–Crippen MR) is 285 cm³/mol. The molecule has 9 aromatic rings. The molecule has 378 valence electrons. The molecule has 3 N–H and O–H groups in total. The van der Waals surface area contributed by atoms with Crippen LogP contribution in [0.4, 0.5) is 4.39 Å². The fraction of sp³-hybridized carbons (Fsp3) is 0.224. The first-order chi connectivity index (χ1) is 36.4. The third-order valence-electron chi connectivity index (χ3n) is 15.0. The van der Waals surface area contributed by atoms with Gasteiger partial charge in [-0.2, -0.15) is 0 Å². The number of aryl methyl sites for hydroxylation is 3. The van der Waals surface area contributed by atoms with Crippen molar-refractivity contribution in [3.63, 3.8) is 0 Å². The summed E-state index contributed by atoms with van der Waals surface area (Å²) in [7, 11) is 0. The van der Waals surface area contributed by atoms with Gasteiger partial charge in [-0.3, -0.25) is 14.4 Å². The van der Waals surface area contributed by atoms with E-state index in [9.17, 15) is 18.8 Å². The molecule has 9 heterocycles. The first kappa shape index (κ1) is 46.6. The van der Waals surface area contributed by atoms with Gasteiger partial charge in [0.15, 0.2) is 23.0 Å². The van der Waals surface area contributed by atoms with E-state index in [1.165, 1.54) is 17.7 Å². The molecule has 0 saturated carbocycles. The van der Waals surface area contributed by atoms with Crippen LogP contribution < -0.4 is 39.6 Å². The third-order valence-corrected chi connectivity index (χ3v) is 15.4. The molecular weight excluding hydrogens is 999 g/mol. The Morgan fingerprint density at radius 1 is 0.467 bits per heavy atom. The lowest BCUT2D eigenvalue weighted by Crippen LogP contribution is -2.35.